The molecule has 0 bridgehead atoms. The summed E-state index contributed by atoms with van der Waals surface area (Å²) in [7, 11) is 4.38. The number of unbranched alkanes of at least 4 members (excludes halogenated alkanes) is 22. The summed E-state index contributed by atoms with van der Waals surface area (Å²) in [6.07, 6.45) is 37.1. The first-order valence-electron chi connectivity index (χ1n) is 20.1. The predicted molar refractivity (Wildman–Crippen MR) is 196 cm³/mol. The second-order valence-corrected chi connectivity index (χ2v) is 14.2. The number of carbonyl (C=O) groups is 1. The number of rotatable bonds is 36. The Hall–Kier alpha value is -0.610. The Labute approximate surface area is 278 Å². The van der Waals surface area contributed by atoms with Crippen LogP contribution >= 0.6 is 0 Å². The average Bonchev–Trinajstić information content (AvgIpc) is 3.01. The van der Waals surface area contributed by atoms with E-state index in [0.717, 1.165) is 32.2 Å². The minimum atomic E-state index is 0.0581. The zero-order valence-electron chi connectivity index (χ0n) is 31.1. The summed E-state index contributed by atoms with van der Waals surface area (Å²) in [4.78, 5) is 17.7. The molecule has 0 aliphatic carbocycles. The minimum absolute atomic E-state index is 0.0581. The molecule has 0 aliphatic heterocycles. The highest BCUT2D eigenvalue weighted by Crippen LogP contribution is 2.18. The van der Waals surface area contributed by atoms with E-state index in [1.807, 2.05) is 0 Å². The molecule has 0 amide bonds. The highest BCUT2D eigenvalue weighted by Gasteiger charge is 2.14. The summed E-state index contributed by atoms with van der Waals surface area (Å²) < 4.78 is 6.05. The quantitative estimate of drug-likeness (QED) is 0.0514. The van der Waals surface area contributed by atoms with Gasteiger partial charge in [-0.05, 0) is 72.1 Å². The summed E-state index contributed by atoms with van der Waals surface area (Å²) in [6.45, 7) is 11.7. The van der Waals surface area contributed by atoms with Gasteiger partial charge in [-0.25, -0.2) is 0 Å². The Morgan fingerprint density at radius 2 is 0.818 bits per heavy atom. The first-order valence-corrected chi connectivity index (χ1v) is 20.1. The molecule has 0 aromatic carbocycles. The molecule has 0 atom stereocenters. The molecule has 0 rings (SSSR count). The van der Waals surface area contributed by atoms with E-state index in [2.05, 4.69) is 44.7 Å². The van der Waals surface area contributed by atoms with Gasteiger partial charge in [-0.2, -0.15) is 0 Å². The summed E-state index contributed by atoms with van der Waals surface area (Å²) in [6, 6.07) is 0. The molecule has 0 fully saturated rings. The summed E-state index contributed by atoms with van der Waals surface area (Å²) in [5, 5.41) is 0. The molecule has 4 nitrogen and oxygen atoms in total. The molecule has 0 N–H and O–H groups in total. The van der Waals surface area contributed by atoms with Crippen LogP contribution in [0.15, 0.2) is 0 Å². The fourth-order valence-electron chi connectivity index (χ4n) is 6.27. The summed E-state index contributed by atoms with van der Waals surface area (Å²) in [5.41, 5.74) is 0. The third kappa shape index (κ3) is 32.8. The third-order valence-electron chi connectivity index (χ3n) is 9.35. The van der Waals surface area contributed by atoms with Crippen LogP contribution < -0.4 is 0 Å². The fraction of sp³-hybridized carbons (Fsp3) is 0.975. The summed E-state index contributed by atoms with van der Waals surface area (Å²) in [5.74, 6) is 0.0581. The number of hydrogen-bond donors (Lipinski definition) is 0. The van der Waals surface area contributed by atoms with E-state index < -0.39 is 0 Å². The van der Waals surface area contributed by atoms with Crippen molar-refractivity contribution in [2.45, 2.75) is 213 Å². The van der Waals surface area contributed by atoms with Crippen LogP contribution in [0.2, 0.25) is 0 Å². The van der Waals surface area contributed by atoms with E-state index in [4.69, 9.17) is 4.74 Å². The van der Waals surface area contributed by atoms with Gasteiger partial charge in [0.1, 0.15) is 6.10 Å². The average molecular weight is 623 g/mol. The van der Waals surface area contributed by atoms with Gasteiger partial charge in [0.05, 0.1) is 0 Å². The van der Waals surface area contributed by atoms with Crippen LogP contribution in [0.3, 0.4) is 0 Å². The number of hydrogen-bond acceptors (Lipinski definition) is 4. The Balaban J connectivity index is 4.15. The molecular formula is C40H82N2O2. The molecule has 0 aromatic rings. The van der Waals surface area contributed by atoms with Crippen molar-refractivity contribution in [2.24, 2.45) is 0 Å². The van der Waals surface area contributed by atoms with Crippen molar-refractivity contribution in [3.63, 3.8) is 0 Å². The van der Waals surface area contributed by atoms with Gasteiger partial charge in [0, 0.05) is 19.5 Å². The lowest BCUT2D eigenvalue weighted by molar-refractivity contribution is -0.150. The molecule has 0 aliphatic rings. The van der Waals surface area contributed by atoms with E-state index >= 15 is 0 Å². The molecule has 0 unspecified atom stereocenters. The van der Waals surface area contributed by atoms with E-state index in [1.165, 1.54) is 174 Å². The number of carbonyl (C=O) groups excluding carboxylic acids is 1. The predicted octanol–water partition coefficient (Wildman–Crippen LogP) is 12.1. The molecule has 0 spiro atoms. The van der Waals surface area contributed by atoms with E-state index in [9.17, 15) is 4.79 Å². The van der Waals surface area contributed by atoms with Crippen molar-refractivity contribution in [1.29, 1.82) is 0 Å². The monoisotopic (exact) mass is 623 g/mol. The maximum absolute atomic E-state index is 12.7. The van der Waals surface area contributed by atoms with Gasteiger partial charge in [-0.15, -0.1) is 0 Å². The van der Waals surface area contributed by atoms with Gasteiger partial charge < -0.3 is 14.5 Å². The zero-order chi connectivity index (χ0) is 32.4. The smallest absolute Gasteiger partial charge is 0.306 e. The van der Waals surface area contributed by atoms with Crippen LogP contribution in [-0.2, 0) is 9.53 Å². The lowest BCUT2D eigenvalue weighted by Crippen LogP contribution is -2.33. The van der Waals surface area contributed by atoms with Gasteiger partial charge in [-0.1, -0.05) is 156 Å². The first kappa shape index (κ1) is 43.4. The van der Waals surface area contributed by atoms with Gasteiger partial charge in [0.2, 0.25) is 0 Å². The van der Waals surface area contributed by atoms with Crippen LogP contribution in [0.25, 0.3) is 0 Å². The van der Waals surface area contributed by atoms with E-state index in [1.54, 1.807) is 0 Å². The molecule has 0 saturated heterocycles. The van der Waals surface area contributed by atoms with E-state index in [0.29, 0.717) is 6.42 Å². The second kappa shape index (κ2) is 35.2. The molecule has 0 radical (unpaired) electrons. The third-order valence-corrected chi connectivity index (χ3v) is 9.35. The molecule has 0 aromatic heterocycles. The normalized spacial score (nSPS) is 11.8. The Morgan fingerprint density at radius 1 is 0.455 bits per heavy atom. The molecule has 0 heterocycles. The zero-order valence-corrected chi connectivity index (χ0v) is 31.1. The van der Waals surface area contributed by atoms with Gasteiger partial charge in [0.25, 0.3) is 0 Å². The SMILES string of the molecule is CCCCCCCCCCCN(CCCCCCCC(=O)OC(CCCCCCCC)CCCCCCCC)CCN(C)C. The fourth-order valence-corrected chi connectivity index (χ4v) is 6.27. The largest absolute Gasteiger partial charge is 0.462 e. The van der Waals surface area contributed by atoms with E-state index in [-0.39, 0.29) is 12.1 Å². The first-order chi connectivity index (χ1) is 21.5. The molecule has 0 saturated carbocycles. The number of nitrogens with zero attached hydrogens (tertiary/aromatic N) is 2. The summed E-state index contributed by atoms with van der Waals surface area (Å²) >= 11 is 0. The van der Waals surface area contributed by atoms with Crippen LogP contribution in [0, 0.1) is 0 Å². The lowest BCUT2D eigenvalue weighted by Gasteiger charge is -2.24. The van der Waals surface area contributed by atoms with Crippen LogP contribution in [0.4, 0.5) is 0 Å². The molecule has 264 valence electrons. The maximum atomic E-state index is 12.7. The van der Waals surface area contributed by atoms with Crippen LogP contribution in [-0.4, -0.2) is 62.1 Å². The number of ether oxygens (including phenoxy) is 1. The Bertz CT molecular complexity index is 552. The van der Waals surface area contributed by atoms with Crippen LogP contribution in [0.1, 0.15) is 207 Å². The highest BCUT2D eigenvalue weighted by atomic mass is 16.5. The van der Waals surface area contributed by atoms with Gasteiger partial charge >= 0.3 is 5.97 Å². The number of likely N-dealkylation sites (N-methyl/N-ethyl adjacent to an activating group) is 1. The molecule has 4 heteroatoms. The van der Waals surface area contributed by atoms with Crippen molar-refractivity contribution in [2.75, 3.05) is 40.3 Å². The standard InChI is InChI=1S/C40H82N2O2/c1-6-9-12-15-18-19-20-25-30-35-42(38-37-41(4)5)36-31-26-21-24-29-34-40(43)44-39(32-27-22-16-13-10-7-2)33-28-23-17-14-11-8-3/h39H,6-38H2,1-5H3. The second-order valence-electron chi connectivity index (χ2n) is 14.2. The van der Waals surface area contributed by atoms with Crippen molar-refractivity contribution in [3.05, 3.63) is 0 Å². The number of esters is 1. The van der Waals surface area contributed by atoms with Gasteiger partial charge in [-0.3, -0.25) is 4.79 Å². The molecule has 44 heavy (non-hydrogen) atoms. The van der Waals surface area contributed by atoms with Crippen molar-refractivity contribution in [3.8, 4) is 0 Å². The highest BCUT2D eigenvalue weighted by molar-refractivity contribution is 5.69. The maximum Gasteiger partial charge on any atom is 0.306 e. The minimum Gasteiger partial charge on any atom is -0.462 e. The van der Waals surface area contributed by atoms with Crippen LogP contribution in [0.5, 0.6) is 0 Å². The van der Waals surface area contributed by atoms with Crippen molar-refractivity contribution < 1.29 is 9.53 Å². The van der Waals surface area contributed by atoms with Gasteiger partial charge in [0.15, 0.2) is 0 Å². The van der Waals surface area contributed by atoms with Crippen molar-refractivity contribution >= 4 is 5.97 Å². The Morgan fingerprint density at radius 3 is 1.23 bits per heavy atom. The topological polar surface area (TPSA) is 32.8 Å². The molecular weight excluding hydrogens is 540 g/mol. The Kier molecular flexibility index (Phi) is 34.8. The lowest BCUT2D eigenvalue weighted by atomic mass is 10.0. The van der Waals surface area contributed by atoms with Crippen molar-refractivity contribution in [1.82, 2.24) is 9.80 Å².